The first-order chi connectivity index (χ1) is 7.97. The maximum atomic E-state index is 12.2. The fourth-order valence-electron chi connectivity index (χ4n) is 3.18. The molecular weight excluding hydrogens is 260 g/mol. The van der Waals surface area contributed by atoms with Gasteiger partial charge in [0.05, 0.1) is 5.92 Å². The Morgan fingerprint density at radius 2 is 1.67 bits per heavy atom. The molecule has 21 heavy (non-hydrogen) atoms. The summed E-state index contributed by atoms with van der Waals surface area (Å²) in [5.74, 6) is 1.32. The Labute approximate surface area is 134 Å². The number of fused-ring (bicyclic) bond motifs is 1. The summed E-state index contributed by atoms with van der Waals surface area (Å²) in [6.07, 6.45) is 10.3. The van der Waals surface area contributed by atoms with Crippen molar-refractivity contribution >= 4 is 5.97 Å². The van der Waals surface area contributed by atoms with Crippen molar-refractivity contribution < 1.29 is 9.53 Å². The van der Waals surface area contributed by atoms with Crippen LogP contribution in [0, 0.1) is 17.8 Å². The Hall–Kier alpha value is -0.790. The van der Waals surface area contributed by atoms with E-state index in [4.69, 9.17) is 4.74 Å². The minimum Gasteiger partial charge on any atom is -0.460 e. The topological polar surface area (TPSA) is 26.3 Å². The Bertz CT molecular complexity index is 312. The molecule has 3 atom stereocenters. The van der Waals surface area contributed by atoms with Crippen molar-refractivity contribution in [2.45, 2.75) is 88.2 Å². The quantitative estimate of drug-likeness (QED) is 0.422. The largest absolute Gasteiger partial charge is 0.460 e. The van der Waals surface area contributed by atoms with Crippen molar-refractivity contribution in [3.8, 4) is 0 Å². The minimum absolute atomic E-state index is 0. The molecule has 0 saturated heterocycles. The number of carbonyl (C=O) groups excluding carboxylic acids is 1. The second-order valence-electron chi connectivity index (χ2n) is 6.40. The fraction of sp³-hybridized carbons (Fsp3) is 0.842. The molecule has 0 aliphatic heterocycles. The van der Waals surface area contributed by atoms with Crippen LogP contribution in [0.15, 0.2) is 12.2 Å². The molecule has 0 spiro atoms. The van der Waals surface area contributed by atoms with Crippen LogP contribution in [0.5, 0.6) is 0 Å². The summed E-state index contributed by atoms with van der Waals surface area (Å²) in [5, 5.41) is 0. The lowest BCUT2D eigenvalue weighted by Crippen LogP contribution is -2.38. The molecule has 0 amide bonds. The van der Waals surface area contributed by atoms with E-state index < -0.39 is 0 Å². The molecule has 1 saturated carbocycles. The highest BCUT2D eigenvalue weighted by molar-refractivity contribution is 5.73. The van der Waals surface area contributed by atoms with Gasteiger partial charge in [-0.1, -0.05) is 48.3 Å². The van der Waals surface area contributed by atoms with Crippen LogP contribution in [0.25, 0.3) is 0 Å². The van der Waals surface area contributed by atoms with Crippen LogP contribution in [0.1, 0.15) is 82.6 Å². The number of hydrogen-bond acceptors (Lipinski definition) is 2. The third kappa shape index (κ3) is 6.67. The number of esters is 1. The molecule has 1 fully saturated rings. The maximum absolute atomic E-state index is 12.2. The molecule has 0 bridgehead atoms. The summed E-state index contributed by atoms with van der Waals surface area (Å²) >= 11 is 0. The average molecular weight is 301 g/mol. The summed E-state index contributed by atoms with van der Waals surface area (Å²) in [4.78, 5) is 12.2. The number of allylic oxidation sites excluding steroid dienone is 2. The zero-order valence-electron chi connectivity index (χ0n) is 11.2. The van der Waals surface area contributed by atoms with E-state index in [9.17, 15) is 4.79 Å². The van der Waals surface area contributed by atoms with Gasteiger partial charge in [-0.15, -0.1) is 0 Å². The van der Waals surface area contributed by atoms with Crippen molar-refractivity contribution in [2.24, 2.45) is 17.8 Å². The lowest BCUT2D eigenvalue weighted by Gasteiger charge is -2.38. The number of carbonyl (C=O) groups is 1. The molecule has 128 valence electrons. The van der Waals surface area contributed by atoms with Crippen molar-refractivity contribution in [3.05, 3.63) is 12.2 Å². The maximum Gasteiger partial charge on any atom is 0.309 e. The van der Waals surface area contributed by atoms with Crippen molar-refractivity contribution in [3.63, 3.8) is 0 Å². The van der Waals surface area contributed by atoms with E-state index in [0.717, 1.165) is 25.7 Å². The first-order valence-corrected chi connectivity index (χ1v) is 6.87. The molecular formula is C19H40O2. The first kappa shape index (κ1) is 25.2. The van der Waals surface area contributed by atoms with Crippen LogP contribution >= 0.6 is 0 Å². The van der Waals surface area contributed by atoms with Crippen LogP contribution in [0.2, 0.25) is 0 Å². The minimum atomic E-state index is -0.353. The van der Waals surface area contributed by atoms with Gasteiger partial charge >= 0.3 is 5.97 Å². The Balaban J connectivity index is -0.000000810. The molecule has 2 heteroatoms. The lowest BCUT2D eigenvalue weighted by atomic mass is 9.68. The second kappa shape index (κ2) is 10.0. The third-order valence-electron chi connectivity index (χ3n) is 3.88. The molecule has 0 heterocycles. The summed E-state index contributed by atoms with van der Waals surface area (Å²) in [5.41, 5.74) is -0.353. The predicted molar refractivity (Wildman–Crippen MR) is 95.5 cm³/mol. The normalized spacial score (nSPS) is 26.7. The van der Waals surface area contributed by atoms with Crippen molar-refractivity contribution in [1.29, 1.82) is 0 Å². The molecule has 0 aromatic carbocycles. The van der Waals surface area contributed by atoms with Gasteiger partial charge in [0.2, 0.25) is 0 Å². The smallest absolute Gasteiger partial charge is 0.309 e. The van der Waals surface area contributed by atoms with E-state index in [1.165, 1.54) is 6.42 Å². The van der Waals surface area contributed by atoms with Crippen LogP contribution in [-0.4, -0.2) is 11.6 Å². The summed E-state index contributed by atoms with van der Waals surface area (Å²) in [7, 11) is 0. The third-order valence-corrected chi connectivity index (χ3v) is 3.88. The van der Waals surface area contributed by atoms with Gasteiger partial charge in [-0.3, -0.25) is 4.79 Å². The molecule has 0 aromatic heterocycles. The predicted octanol–water partition coefficient (Wildman–Crippen LogP) is 6.26. The average Bonchev–Trinajstić information content (AvgIpc) is 2.26. The van der Waals surface area contributed by atoms with E-state index in [-0.39, 0.29) is 47.2 Å². The summed E-state index contributed by atoms with van der Waals surface area (Å²) in [6, 6.07) is 0. The molecule has 3 unspecified atom stereocenters. The first-order valence-electron chi connectivity index (χ1n) is 6.87. The van der Waals surface area contributed by atoms with Gasteiger partial charge in [0.15, 0.2) is 0 Å². The second-order valence-corrected chi connectivity index (χ2v) is 6.40. The fourth-order valence-corrected chi connectivity index (χ4v) is 3.18. The summed E-state index contributed by atoms with van der Waals surface area (Å²) in [6.45, 7) is 5.85. The standard InChI is InChI=1S/C15H24O2.4CH4/c1-15(2,3)17-14(16)13-10-6-8-11-7-4-5-9-12(11)13;;;;/h4,7,11-13H,5-6,8-10H2,1-3H3;4*1H4. The van der Waals surface area contributed by atoms with Gasteiger partial charge in [0.1, 0.15) is 5.60 Å². The Morgan fingerprint density at radius 1 is 1.05 bits per heavy atom. The zero-order chi connectivity index (χ0) is 12.5. The number of ether oxygens (including phenoxy) is 1. The molecule has 2 nitrogen and oxygen atoms in total. The van der Waals surface area contributed by atoms with E-state index >= 15 is 0 Å². The van der Waals surface area contributed by atoms with Gasteiger partial charge in [0.25, 0.3) is 0 Å². The van der Waals surface area contributed by atoms with Gasteiger partial charge in [0, 0.05) is 0 Å². The van der Waals surface area contributed by atoms with Crippen LogP contribution in [0.3, 0.4) is 0 Å². The van der Waals surface area contributed by atoms with Gasteiger partial charge in [-0.25, -0.2) is 0 Å². The number of rotatable bonds is 1. The van der Waals surface area contributed by atoms with E-state index in [2.05, 4.69) is 12.2 Å². The van der Waals surface area contributed by atoms with Crippen LogP contribution in [0.4, 0.5) is 0 Å². The Morgan fingerprint density at radius 3 is 2.24 bits per heavy atom. The monoisotopic (exact) mass is 300 g/mol. The van der Waals surface area contributed by atoms with E-state index in [0.29, 0.717) is 11.8 Å². The van der Waals surface area contributed by atoms with Crippen molar-refractivity contribution in [1.82, 2.24) is 0 Å². The van der Waals surface area contributed by atoms with E-state index in [1.807, 2.05) is 20.8 Å². The zero-order valence-corrected chi connectivity index (χ0v) is 11.2. The highest BCUT2D eigenvalue weighted by Gasteiger charge is 2.38. The SMILES string of the molecule is C.C.C.C.CC(C)(C)OC(=O)C1CCCC2C=CCCC21. The van der Waals surface area contributed by atoms with Gasteiger partial charge < -0.3 is 4.74 Å². The molecule has 2 aliphatic rings. The molecule has 0 N–H and O–H groups in total. The molecule has 2 aliphatic carbocycles. The highest BCUT2D eigenvalue weighted by Crippen LogP contribution is 2.41. The van der Waals surface area contributed by atoms with Crippen LogP contribution in [-0.2, 0) is 9.53 Å². The molecule has 0 radical (unpaired) electrons. The van der Waals surface area contributed by atoms with Crippen LogP contribution < -0.4 is 0 Å². The lowest BCUT2D eigenvalue weighted by molar-refractivity contribution is -0.164. The van der Waals surface area contributed by atoms with Gasteiger partial charge in [-0.05, 0) is 58.3 Å². The molecule has 0 aromatic rings. The van der Waals surface area contributed by atoms with Crippen molar-refractivity contribution in [2.75, 3.05) is 0 Å². The molecule has 2 rings (SSSR count). The highest BCUT2D eigenvalue weighted by atomic mass is 16.6. The Kier molecular flexibility index (Phi) is 12.0. The van der Waals surface area contributed by atoms with E-state index in [1.54, 1.807) is 0 Å². The summed E-state index contributed by atoms with van der Waals surface area (Å²) < 4.78 is 5.56. The number of hydrogen-bond donors (Lipinski definition) is 0. The van der Waals surface area contributed by atoms with Gasteiger partial charge in [-0.2, -0.15) is 0 Å².